The van der Waals surface area contributed by atoms with Gasteiger partial charge in [-0.15, -0.1) is 0 Å². The lowest BCUT2D eigenvalue weighted by molar-refractivity contribution is 0.0947. The normalized spacial score (nSPS) is 15.5. The maximum absolute atomic E-state index is 13.8. The fraction of sp³-hybridized carbons (Fsp3) is 0.316. The van der Waals surface area contributed by atoms with Crippen LogP contribution in [-0.4, -0.2) is 31.7 Å². The van der Waals surface area contributed by atoms with E-state index in [1.165, 1.54) is 28.6 Å². The molecule has 5 nitrogen and oxygen atoms in total. The molecule has 0 saturated carbocycles. The van der Waals surface area contributed by atoms with Gasteiger partial charge >= 0.3 is 0 Å². The first-order chi connectivity index (χ1) is 12.9. The van der Waals surface area contributed by atoms with Crippen LogP contribution in [0.4, 0.5) is 4.39 Å². The van der Waals surface area contributed by atoms with Gasteiger partial charge in [-0.2, -0.15) is 4.31 Å². The Morgan fingerprint density at radius 3 is 2.37 bits per heavy atom. The quantitative estimate of drug-likeness (QED) is 0.819. The van der Waals surface area contributed by atoms with Gasteiger partial charge in [0.05, 0.1) is 10.5 Å². The first kappa shape index (κ1) is 19.8. The smallest absolute Gasteiger partial charge is 0.254 e. The van der Waals surface area contributed by atoms with Crippen molar-refractivity contribution in [2.45, 2.75) is 30.7 Å². The first-order valence-electron chi connectivity index (χ1n) is 8.70. The van der Waals surface area contributed by atoms with Gasteiger partial charge in [0.25, 0.3) is 5.91 Å². The summed E-state index contributed by atoms with van der Waals surface area (Å²) in [6, 6.07) is 10.2. The summed E-state index contributed by atoms with van der Waals surface area (Å²) in [5, 5.41) is 2.83. The molecule has 1 amide bonds. The van der Waals surface area contributed by atoms with Crippen molar-refractivity contribution in [2.24, 2.45) is 0 Å². The number of halogens is 2. The van der Waals surface area contributed by atoms with Gasteiger partial charge in [-0.3, -0.25) is 4.79 Å². The van der Waals surface area contributed by atoms with Crippen LogP contribution >= 0.6 is 11.6 Å². The first-order valence-corrected chi connectivity index (χ1v) is 10.5. The Balaban J connectivity index is 1.64. The molecule has 0 unspecified atom stereocenters. The topological polar surface area (TPSA) is 66.5 Å². The van der Waals surface area contributed by atoms with E-state index in [4.69, 9.17) is 11.6 Å². The molecule has 2 aromatic carbocycles. The van der Waals surface area contributed by atoms with Crippen molar-refractivity contribution in [3.05, 3.63) is 64.4 Å². The van der Waals surface area contributed by atoms with Crippen LogP contribution in [0.5, 0.6) is 0 Å². The summed E-state index contributed by atoms with van der Waals surface area (Å²) in [6.45, 7) is 1.25. The molecule has 0 radical (unpaired) electrons. The molecule has 2 aromatic rings. The number of sulfonamides is 1. The summed E-state index contributed by atoms with van der Waals surface area (Å²) in [5.74, 6) is -1.25. The Bertz CT molecular complexity index is 926. The molecule has 0 bridgehead atoms. The molecule has 3 rings (SSSR count). The number of carbonyl (C=O) groups is 1. The van der Waals surface area contributed by atoms with E-state index < -0.39 is 21.7 Å². The van der Waals surface area contributed by atoms with E-state index in [-0.39, 0.29) is 22.0 Å². The average molecular weight is 411 g/mol. The summed E-state index contributed by atoms with van der Waals surface area (Å²) in [5.41, 5.74) is 0.624. The van der Waals surface area contributed by atoms with Crippen molar-refractivity contribution >= 4 is 27.5 Å². The highest BCUT2D eigenvalue weighted by atomic mass is 35.5. The van der Waals surface area contributed by atoms with Crippen molar-refractivity contribution in [1.29, 1.82) is 0 Å². The van der Waals surface area contributed by atoms with Gasteiger partial charge < -0.3 is 5.32 Å². The standard InChI is InChI=1S/C19H20ClFN2O3S/c20-15-6-9-17(18(21)12-15)19(24)22-13-14-4-7-16(8-5-14)27(25,26)23-10-2-1-3-11-23/h4-9,12H,1-3,10-11,13H2,(H,22,24). The predicted molar refractivity (Wildman–Crippen MR) is 102 cm³/mol. The molecule has 1 heterocycles. The minimum Gasteiger partial charge on any atom is -0.348 e. The minimum atomic E-state index is -3.48. The number of hydrogen-bond donors (Lipinski definition) is 1. The summed E-state index contributed by atoms with van der Waals surface area (Å²) >= 11 is 5.68. The second-order valence-corrected chi connectivity index (χ2v) is 8.79. The van der Waals surface area contributed by atoms with E-state index in [9.17, 15) is 17.6 Å². The number of carbonyl (C=O) groups excluding carboxylic acids is 1. The number of piperidine rings is 1. The Kier molecular flexibility index (Phi) is 6.14. The molecule has 8 heteroatoms. The van der Waals surface area contributed by atoms with Gasteiger partial charge in [0.15, 0.2) is 0 Å². The summed E-state index contributed by atoms with van der Waals surface area (Å²) in [4.78, 5) is 12.3. The van der Waals surface area contributed by atoms with Crippen LogP contribution in [0.1, 0.15) is 35.2 Å². The van der Waals surface area contributed by atoms with Gasteiger partial charge in [0, 0.05) is 24.7 Å². The third-order valence-corrected chi connectivity index (χ3v) is 6.65. The fourth-order valence-corrected chi connectivity index (χ4v) is 4.66. The zero-order chi connectivity index (χ0) is 19.4. The minimum absolute atomic E-state index is 0.0938. The molecule has 0 aliphatic carbocycles. The van der Waals surface area contributed by atoms with Crippen LogP contribution in [0.3, 0.4) is 0 Å². The lowest BCUT2D eigenvalue weighted by atomic mass is 10.2. The SMILES string of the molecule is O=C(NCc1ccc(S(=O)(=O)N2CCCCC2)cc1)c1ccc(Cl)cc1F. The number of nitrogens with one attached hydrogen (secondary N) is 1. The molecule has 1 saturated heterocycles. The zero-order valence-electron chi connectivity index (χ0n) is 14.6. The maximum Gasteiger partial charge on any atom is 0.254 e. The zero-order valence-corrected chi connectivity index (χ0v) is 16.2. The van der Waals surface area contributed by atoms with E-state index in [0.717, 1.165) is 30.9 Å². The summed E-state index contributed by atoms with van der Waals surface area (Å²) < 4.78 is 40.5. The van der Waals surface area contributed by atoms with Crippen LogP contribution in [0.25, 0.3) is 0 Å². The number of amides is 1. The maximum atomic E-state index is 13.8. The van der Waals surface area contributed by atoms with E-state index in [1.54, 1.807) is 12.1 Å². The Morgan fingerprint density at radius 2 is 1.74 bits per heavy atom. The van der Waals surface area contributed by atoms with Crippen LogP contribution in [0, 0.1) is 5.82 Å². The van der Waals surface area contributed by atoms with Crippen LogP contribution in [0.15, 0.2) is 47.4 Å². The lowest BCUT2D eigenvalue weighted by Gasteiger charge is -2.25. The Hall–Kier alpha value is -1.96. The van der Waals surface area contributed by atoms with Crippen LogP contribution in [0.2, 0.25) is 5.02 Å². The summed E-state index contributed by atoms with van der Waals surface area (Å²) in [6.07, 6.45) is 2.81. The molecular formula is C19H20ClFN2O3S. The lowest BCUT2D eigenvalue weighted by Crippen LogP contribution is -2.35. The van der Waals surface area contributed by atoms with Gasteiger partial charge in [0.2, 0.25) is 10.0 Å². The van der Waals surface area contributed by atoms with Crippen molar-refractivity contribution in [2.75, 3.05) is 13.1 Å². The number of hydrogen-bond acceptors (Lipinski definition) is 3. The molecule has 1 aliphatic rings. The van der Waals surface area contributed by atoms with Crippen molar-refractivity contribution < 1.29 is 17.6 Å². The fourth-order valence-electron chi connectivity index (χ4n) is 2.98. The Labute approximate surface area is 163 Å². The highest BCUT2D eigenvalue weighted by Crippen LogP contribution is 2.21. The Morgan fingerprint density at radius 1 is 1.07 bits per heavy atom. The molecule has 1 fully saturated rings. The van der Waals surface area contributed by atoms with E-state index in [1.807, 2.05) is 0 Å². The molecule has 27 heavy (non-hydrogen) atoms. The van der Waals surface area contributed by atoms with Crippen molar-refractivity contribution in [3.8, 4) is 0 Å². The molecule has 1 aliphatic heterocycles. The van der Waals surface area contributed by atoms with Gasteiger partial charge in [-0.1, -0.05) is 30.2 Å². The second-order valence-electron chi connectivity index (χ2n) is 6.42. The molecular weight excluding hydrogens is 391 g/mol. The second kappa shape index (κ2) is 8.37. The van der Waals surface area contributed by atoms with E-state index in [2.05, 4.69) is 5.32 Å². The number of benzene rings is 2. The monoisotopic (exact) mass is 410 g/mol. The van der Waals surface area contributed by atoms with Crippen molar-refractivity contribution in [1.82, 2.24) is 9.62 Å². The highest BCUT2D eigenvalue weighted by Gasteiger charge is 2.25. The largest absolute Gasteiger partial charge is 0.348 e. The third-order valence-electron chi connectivity index (χ3n) is 4.50. The van der Waals surface area contributed by atoms with Crippen molar-refractivity contribution in [3.63, 3.8) is 0 Å². The molecule has 1 N–H and O–H groups in total. The van der Waals surface area contributed by atoms with Gasteiger partial charge in [0.1, 0.15) is 5.82 Å². The van der Waals surface area contributed by atoms with E-state index in [0.29, 0.717) is 13.1 Å². The molecule has 0 spiro atoms. The van der Waals surface area contributed by atoms with Crippen LogP contribution < -0.4 is 5.32 Å². The molecule has 144 valence electrons. The molecule has 0 aromatic heterocycles. The summed E-state index contributed by atoms with van der Waals surface area (Å²) in [7, 11) is -3.48. The van der Waals surface area contributed by atoms with Crippen LogP contribution in [-0.2, 0) is 16.6 Å². The average Bonchev–Trinajstić information content (AvgIpc) is 2.67. The van der Waals surface area contributed by atoms with E-state index >= 15 is 0 Å². The molecule has 0 atom stereocenters. The number of rotatable bonds is 5. The number of nitrogens with zero attached hydrogens (tertiary/aromatic N) is 1. The van der Waals surface area contributed by atoms with Gasteiger partial charge in [-0.25, -0.2) is 12.8 Å². The third kappa shape index (κ3) is 4.66. The predicted octanol–water partition coefficient (Wildman–Crippen LogP) is 3.58. The van der Waals surface area contributed by atoms with Gasteiger partial charge in [-0.05, 0) is 48.7 Å². The highest BCUT2D eigenvalue weighted by molar-refractivity contribution is 7.89.